The zero-order chi connectivity index (χ0) is 20.6. The van der Waals surface area contributed by atoms with E-state index in [0.29, 0.717) is 23.2 Å². The Morgan fingerprint density at radius 2 is 1.72 bits per heavy atom. The number of aromatic nitrogens is 2. The Kier molecular flexibility index (Phi) is 7.16. The molecular formula is C22H30N4O3. The average molecular weight is 399 g/mol. The molecule has 0 bridgehead atoms. The quantitative estimate of drug-likeness (QED) is 0.584. The van der Waals surface area contributed by atoms with E-state index in [-0.39, 0.29) is 0 Å². The number of anilines is 3. The summed E-state index contributed by atoms with van der Waals surface area (Å²) in [4.78, 5) is 9.09. The molecule has 1 aliphatic carbocycles. The van der Waals surface area contributed by atoms with Crippen LogP contribution in [0.4, 0.5) is 17.5 Å². The van der Waals surface area contributed by atoms with Crippen LogP contribution in [0.3, 0.4) is 0 Å². The number of benzene rings is 1. The largest absolute Gasteiger partial charge is 0.493 e. The topological polar surface area (TPSA) is 77.5 Å². The standard InChI is InChI=1S/C22H30N4O3/c1-15-12-20(23-11-10-16-8-6-5-7-9-16)26-22(24-15)25-17-13-18(27-2)21(29-4)19(14-17)28-3/h8,12-14H,5-7,9-11H2,1-4H3,(H2,23,24,25,26). The molecule has 29 heavy (non-hydrogen) atoms. The lowest BCUT2D eigenvalue weighted by Crippen LogP contribution is -2.08. The highest BCUT2D eigenvalue weighted by molar-refractivity contribution is 5.66. The molecule has 0 aliphatic heterocycles. The molecule has 0 saturated heterocycles. The molecule has 1 aromatic heterocycles. The van der Waals surface area contributed by atoms with Crippen LogP contribution >= 0.6 is 0 Å². The molecule has 3 rings (SSSR count). The third kappa shape index (κ3) is 5.53. The fourth-order valence-corrected chi connectivity index (χ4v) is 3.48. The van der Waals surface area contributed by atoms with Crippen LogP contribution < -0.4 is 24.8 Å². The highest BCUT2D eigenvalue weighted by Crippen LogP contribution is 2.40. The molecule has 0 unspecified atom stereocenters. The van der Waals surface area contributed by atoms with Gasteiger partial charge in [-0.15, -0.1) is 0 Å². The molecule has 1 aliphatic rings. The van der Waals surface area contributed by atoms with Crippen molar-refractivity contribution in [3.05, 3.63) is 35.5 Å². The minimum Gasteiger partial charge on any atom is -0.493 e. The lowest BCUT2D eigenvalue weighted by Gasteiger charge is -2.15. The van der Waals surface area contributed by atoms with Crippen LogP contribution in [0.15, 0.2) is 29.8 Å². The van der Waals surface area contributed by atoms with Gasteiger partial charge in [0.1, 0.15) is 5.82 Å². The summed E-state index contributed by atoms with van der Waals surface area (Å²) < 4.78 is 16.2. The van der Waals surface area contributed by atoms with Crippen molar-refractivity contribution in [2.45, 2.75) is 39.0 Å². The van der Waals surface area contributed by atoms with Gasteiger partial charge < -0.3 is 24.8 Å². The zero-order valence-electron chi connectivity index (χ0n) is 17.7. The number of methoxy groups -OCH3 is 3. The van der Waals surface area contributed by atoms with Gasteiger partial charge in [0.05, 0.1) is 21.3 Å². The first-order chi connectivity index (χ1) is 14.1. The number of rotatable bonds is 9. The normalized spacial score (nSPS) is 13.4. The van der Waals surface area contributed by atoms with Gasteiger partial charge in [0.15, 0.2) is 11.5 Å². The summed E-state index contributed by atoms with van der Waals surface area (Å²) in [6.45, 7) is 2.82. The number of allylic oxidation sites excluding steroid dienone is 1. The minimum absolute atomic E-state index is 0.513. The molecule has 7 nitrogen and oxygen atoms in total. The van der Waals surface area contributed by atoms with Gasteiger partial charge in [-0.2, -0.15) is 4.98 Å². The van der Waals surface area contributed by atoms with E-state index in [2.05, 4.69) is 26.7 Å². The first-order valence-corrected chi connectivity index (χ1v) is 9.97. The van der Waals surface area contributed by atoms with Crippen molar-refractivity contribution in [1.29, 1.82) is 0 Å². The molecule has 0 amide bonds. The van der Waals surface area contributed by atoms with Crippen LogP contribution in [0.1, 0.15) is 37.8 Å². The molecular weight excluding hydrogens is 368 g/mol. The minimum atomic E-state index is 0.513. The summed E-state index contributed by atoms with van der Waals surface area (Å²) in [7, 11) is 4.76. The summed E-state index contributed by atoms with van der Waals surface area (Å²) in [5.74, 6) is 3.01. The van der Waals surface area contributed by atoms with Crippen LogP contribution in [-0.4, -0.2) is 37.8 Å². The molecule has 0 fully saturated rings. The highest BCUT2D eigenvalue weighted by atomic mass is 16.5. The third-order valence-corrected chi connectivity index (χ3v) is 4.91. The Bertz CT molecular complexity index is 842. The lowest BCUT2D eigenvalue weighted by atomic mass is 9.97. The van der Waals surface area contributed by atoms with Crippen LogP contribution in [0.2, 0.25) is 0 Å². The van der Waals surface area contributed by atoms with Crippen LogP contribution in [-0.2, 0) is 0 Å². The lowest BCUT2D eigenvalue weighted by molar-refractivity contribution is 0.324. The molecule has 2 aromatic rings. The van der Waals surface area contributed by atoms with Gasteiger partial charge in [0.2, 0.25) is 11.7 Å². The number of nitrogens with zero attached hydrogens (tertiary/aromatic N) is 2. The Morgan fingerprint density at radius 1 is 0.966 bits per heavy atom. The monoisotopic (exact) mass is 398 g/mol. The van der Waals surface area contributed by atoms with Crippen molar-refractivity contribution in [2.24, 2.45) is 0 Å². The summed E-state index contributed by atoms with van der Waals surface area (Å²) in [5.41, 5.74) is 3.18. The first-order valence-electron chi connectivity index (χ1n) is 9.97. The number of aryl methyl sites for hydroxylation is 1. The first kappa shape index (κ1) is 20.8. The van der Waals surface area contributed by atoms with Crippen LogP contribution in [0.5, 0.6) is 17.2 Å². The zero-order valence-corrected chi connectivity index (χ0v) is 17.7. The fourth-order valence-electron chi connectivity index (χ4n) is 3.48. The molecule has 156 valence electrons. The van der Waals surface area contributed by atoms with Crippen molar-refractivity contribution in [2.75, 3.05) is 38.5 Å². The van der Waals surface area contributed by atoms with Gasteiger partial charge in [-0.05, 0) is 39.0 Å². The van der Waals surface area contributed by atoms with Crippen molar-refractivity contribution in [3.63, 3.8) is 0 Å². The maximum atomic E-state index is 5.41. The third-order valence-electron chi connectivity index (χ3n) is 4.91. The summed E-state index contributed by atoms with van der Waals surface area (Å²) in [6, 6.07) is 5.61. The van der Waals surface area contributed by atoms with Gasteiger partial charge in [-0.25, -0.2) is 4.98 Å². The van der Waals surface area contributed by atoms with E-state index in [4.69, 9.17) is 14.2 Å². The van der Waals surface area contributed by atoms with E-state index in [0.717, 1.165) is 30.2 Å². The van der Waals surface area contributed by atoms with E-state index in [9.17, 15) is 0 Å². The van der Waals surface area contributed by atoms with E-state index in [1.54, 1.807) is 26.9 Å². The van der Waals surface area contributed by atoms with E-state index in [1.165, 1.54) is 25.7 Å². The smallest absolute Gasteiger partial charge is 0.229 e. The summed E-state index contributed by atoms with van der Waals surface area (Å²) >= 11 is 0. The van der Waals surface area contributed by atoms with Crippen LogP contribution in [0, 0.1) is 6.92 Å². The summed E-state index contributed by atoms with van der Waals surface area (Å²) in [5, 5.41) is 6.66. The second-order valence-electron chi connectivity index (χ2n) is 7.04. The maximum absolute atomic E-state index is 5.41. The molecule has 2 N–H and O–H groups in total. The van der Waals surface area contributed by atoms with Gasteiger partial charge >= 0.3 is 0 Å². The second kappa shape index (κ2) is 10.0. The molecule has 1 aromatic carbocycles. The Hall–Kier alpha value is -2.96. The average Bonchev–Trinajstić information content (AvgIpc) is 2.73. The number of hydrogen-bond donors (Lipinski definition) is 2. The number of ether oxygens (including phenoxy) is 3. The molecule has 0 atom stereocenters. The maximum Gasteiger partial charge on any atom is 0.229 e. The molecule has 7 heteroatoms. The van der Waals surface area contributed by atoms with Gasteiger partial charge in [0.25, 0.3) is 0 Å². The fraction of sp³-hybridized carbons (Fsp3) is 0.455. The predicted octanol–water partition coefficient (Wildman–Crippen LogP) is 4.86. The van der Waals surface area contributed by atoms with Crippen molar-refractivity contribution in [1.82, 2.24) is 9.97 Å². The van der Waals surface area contributed by atoms with Gasteiger partial charge in [-0.1, -0.05) is 11.6 Å². The van der Waals surface area contributed by atoms with Gasteiger partial charge in [-0.3, -0.25) is 0 Å². The molecule has 1 heterocycles. The molecule has 0 spiro atoms. The Morgan fingerprint density at radius 3 is 2.34 bits per heavy atom. The van der Waals surface area contributed by atoms with E-state index in [1.807, 2.05) is 25.1 Å². The molecule has 0 radical (unpaired) electrons. The number of nitrogens with one attached hydrogen (secondary N) is 2. The Balaban J connectivity index is 1.72. The van der Waals surface area contributed by atoms with E-state index >= 15 is 0 Å². The molecule has 0 saturated carbocycles. The highest BCUT2D eigenvalue weighted by Gasteiger charge is 2.14. The number of hydrogen-bond acceptors (Lipinski definition) is 7. The summed E-state index contributed by atoms with van der Waals surface area (Å²) in [6.07, 6.45) is 8.50. The van der Waals surface area contributed by atoms with Crippen molar-refractivity contribution >= 4 is 17.5 Å². The van der Waals surface area contributed by atoms with Gasteiger partial charge in [0, 0.05) is 36.1 Å². The predicted molar refractivity (Wildman–Crippen MR) is 116 cm³/mol. The van der Waals surface area contributed by atoms with E-state index < -0.39 is 0 Å². The Labute approximate surface area is 172 Å². The van der Waals surface area contributed by atoms with Crippen molar-refractivity contribution in [3.8, 4) is 17.2 Å². The van der Waals surface area contributed by atoms with Crippen LogP contribution in [0.25, 0.3) is 0 Å². The van der Waals surface area contributed by atoms with Crippen molar-refractivity contribution < 1.29 is 14.2 Å². The second-order valence-corrected chi connectivity index (χ2v) is 7.04. The SMILES string of the molecule is COc1cc(Nc2nc(C)cc(NCCC3=CCCCC3)n2)cc(OC)c1OC.